The van der Waals surface area contributed by atoms with Crippen molar-refractivity contribution in [1.29, 1.82) is 0 Å². The van der Waals surface area contributed by atoms with Gasteiger partial charge in [0, 0.05) is 13.1 Å². The zero-order valence-corrected chi connectivity index (χ0v) is 9.59. The summed E-state index contributed by atoms with van der Waals surface area (Å²) in [6, 6.07) is 0. The minimum atomic E-state index is 0.0962. The normalized spacial score (nSPS) is 31.1. The number of rotatable bonds is 3. The summed E-state index contributed by atoms with van der Waals surface area (Å²) in [6.45, 7) is 4.20. The van der Waals surface area contributed by atoms with Crippen LogP contribution in [0.1, 0.15) is 26.2 Å². The van der Waals surface area contributed by atoms with Crippen molar-refractivity contribution in [2.45, 2.75) is 31.0 Å². The standard InChI is InChI=1S/C10H16BrNO/c1-7(8-2-3-8)6-12-5-4-9(11)10(12)13/h7-9H,2-6H2,1H3. The third-order valence-electron chi connectivity index (χ3n) is 3.17. The highest BCUT2D eigenvalue weighted by Gasteiger charge is 2.34. The number of nitrogens with zero attached hydrogens (tertiary/aromatic N) is 1. The van der Waals surface area contributed by atoms with Gasteiger partial charge in [-0.05, 0) is 31.1 Å². The summed E-state index contributed by atoms with van der Waals surface area (Å²) in [5.74, 6) is 1.91. The molecule has 2 nitrogen and oxygen atoms in total. The minimum Gasteiger partial charge on any atom is -0.341 e. The summed E-state index contributed by atoms with van der Waals surface area (Å²) in [4.78, 5) is 13.7. The van der Waals surface area contributed by atoms with Gasteiger partial charge in [-0.25, -0.2) is 0 Å². The average molecular weight is 246 g/mol. The van der Waals surface area contributed by atoms with Crippen LogP contribution in [-0.4, -0.2) is 28.7 Å². The van der Waals surface area contributed by atoms with Crippen LogP contribution in [0.5, 0.6) is 0 Å². The van der Waals surface area contributed by atoms with Crippen molar-refractivity contribution < 1.29 is 4.79 Å². The second kappa shape index (κ2) is 3.60. The SMILES string of the molecule is CC(CN1CCC(Br)C1=O)C1CC1. The molecular formula is C10H16BrNO. The zero-order valence-electron chi connectivity index (χ0n) is 8.00. The second-order valence-electron chi connectivity index (χ2n) is 4.36. The van der Waals surface area contributed by atoms with Crippen molar-refractivity contribution in [3.8, 4) is 0 Å². The van der Waals surface area contributed by atoms with Crippen molar-refractivity contribution in [3.05, 3.63) is 0 Å². The maximum absolute atomic E-state index is 11.6. The Hall–Kier alpha value is -0.0500. The van der Waals surface area contributed by atoms with Gasteiger partial charge in [0.1, 0.15) is 0 Å². The molecule has 1 saturated carbocycles. The molecule has 2 unspecified atom stereocenters. The van der Waals surface area contributed by atoms with Crippen molar-refractivity contribution >= 4 is 21.8 Å². The van der Waals surface area contributed by atoms with E-state index in [0.717, 1.165) is 25.4 Å². The van der Waals surface area contributed by atoms with Crippen LogP contribution in [0.15, 0.2) is 0 Å². The number of hydrogen-bond acceptors (Lipinski definition) is 1. The van der Waals surface area contributed by atoms with Crippen LogP contribution in [0.4, 0.5) is 0 Å². The number of halogens is 1. The smallest absolute Gasteiger partial charge is 0.236 e. The van der Waals surface area contributed by atoms with Crippen LogP contribution in [0.25, 0.3) is 0 Å². The molecule has 3 heteroatoms. The highest BCUT2D eigenvalue weighted by molar-refractivity contribution is 9.10. The molecule has 0 aromatic rings. The monoisotopic (exact) mass is 245 g/mol. The predicted molar refractivity (Wildman–Crippen MR) is 55.8 cm³/mol. The summed E-state index contributed by atoms with van der Waals surface area (Å²) >= 11 is 3.40. The first kappa shape index (κ1) is 9.50. The molecule has 1 saturated heterocycles. The van der Waals surface area contributed by atoms with Crippen LogP contribution in [0.2, 0.25) is 0 Å². The molecule has 1 heterocycles. The summed E-state index contributed by atoms with van der Waals surface area (Å²) in [5.41, 5.74) is 0. The van der Waals surface area contributed by atoms with Crippen molar-refractivity contribution in [1.82, 2.24) is 4.90 Å². The minimum absolute atomic E-state index is 0.0962. The van der Waals surface area contributed by atoms with E-state index in [0.29, 0.717) is 11.8 Å². The Kier molecular flexibility index (Phi) is 2.63. The van der Waals surface area contributed by atoms with Crippen LogP contribution in [-0.2, 0) is 4.79 Å². The molecule has 0 bridgehead atoms. The lowest BCUT2D eigenvalue weighted by Gasteiger charge is -2.20. The van der Waals surface area contributed by atoms with E-state index < -0.39 is 0 Å². The van der Waals surface area contributed by atoms with E-state index in [-0.39, 0.29) is 4.83 Å². The van der Waals surface area contributed by atoms with E-state index in [1.165, 1.54) is 12.8 Å². The molecule has 0 aromatic carbocycles. The first-order valence-corrected chi connectivity index (χ1v) is 6.03. The van der Waals surface area contributed by atoms with E-state index in [1.807, 2.05) is 4.90 Å². The first-order chi connectivity index (χ1) is 6.18. The highest BCUT2D eigenvalue weighted by Crippen LogP contribution is 2.37. The Labute approximate surface area is 87.8 Å². The third-order valence-corrected chi connectivity index (χ3v) is 4.02. The van der Waals surface area contributed by atoms with Crippen LogP contribution >= 0.6 is 15.9 Å². The summed E-state index contributed by atoms with van der Waals surface area (Å²) in [6.07, 6.45) is 3.73. The number of amides is 1. The quantitative estimate of drug-likeness (QED) is 0.698. The fraction of sp³-hybridized carbons (Fsp3) is 0.900. The lowest BCUT2D eigenvalue weighted by molar-refractivity contribution is -0.127. The fourth-order valence-corrected chi connectivity index (χ4v) is 2.54. The Morgan fingerprint density at radius 2 is 2.23 bits per heavy atom. The van der Waals surface area contributed by atoms with Crippen molar-refractivity contribution in [3.63, 3.8) is 0 Å². The molecule has 2 atom stereocenters. The zero-order chi connectivity index (χ0) is 9.42. The molecule has 2 aliphatic rings. The lowest BCUT2D eigenvalue weighted by atomic mass is 10.1. The number of alkyl halides is 1. The second-order valence-corrected chi connectivity index (χ2v) is 5.46. The number of hydrogen-bond donors (Lipinski definition) is 0. The maximum Gasteiger partial charge on any atom is 0.236 e. The molecule has 13 heavy (non-hydrogen) atoms. The third kappa shape index (κ3) is 2.06. The molecule has 2 fully saturated rings. The van der Waals surface area contributed by atoms with Crippen molar-refractivity contribution in [2.24, 2.45) is 11.8 Å². The lowest BCUT2D eigenvalue weighted by Crippen LogP contribution is -2.32. The molecule has 74 valence electrons. The van der Waals surface area contributed by atoms with E-state index in [1.54, 1.807) is 0 Å². The van der Waals surface area contributed by atoms with Gasteiger partial charge in [0.25, 0.3) is 0 Å². The van der Waals surface area contributed by atoms with Gasteiger partial charge in [0.05, 0.1) is 4.83 Å². The average Bonchev–Trinajstić information content (AvgIpc) is 2.89. The van der Waals surface area contributed by atoms with E-state index >= 15 is 0 Å². The van der Waals surface area contributed by atoms with E-state index in [9.17, 15) is 4.79 Å². The molecule has 0 aromatic heterocycles. The molecule has 1 amide bonds. The Morgan fingerprint density at radius 3 is 2.69 bits per heavy atom. The Balaban J connectivity index is 1.84. The molecule has 1 aliphatic carbocycles. The molecular weight excluding hydrogens is 230 g/mol. The van der Waals surface area contributed by atoms with Gasteiger partial charge < -0.3 is 4.90 Å². The predicted octanol–water partition coefficient (Wildman–Crippen LogP) is 2.03. The van der Waals surface area contributed by atoms with Gasteiger partial charge in [-0.1, -0.05) is 22.9 Å². The fourth-order valence-electron chi connectivity index (χ4n) is 2.04. The number of carbonyl (C=O) groups excluding carboxylic acids is 1. The van der Waals surface area contributed by atoms with Crippen molar-refractivity contribution in [2.75, 3.05) is 13.1 Å². The van der Waals surface area contributed by atoms with Gasteiger partial charge in [-0.2, -0.15) is 0 Å². The van der Waals surface area contributed by atoms with E-state index in [2.05, 4.69) is 22.9 Å². The topological polar surface area (TPSA) is 20.3 Å². The van der Waals surface area contributed by atoms with Gasteiger partial charge >= 0.3 is 0 Å². The largest absolute Gasteiger partial charge is 0.341 e. The molecule has 2 rings (SSSR count). The Bertz CT molecular complexity index is 215. The van der Waals surface area contributed by atoms with Crippen LogP contribution in [0.3, 0.4) is 0 Å². The Morgan fingerprint density at radius 1 is 1.54 bits per heavy atom. The van der Waals surface area contributed by atoms with E-state index in [4.69, 9.17) is 0 Å². The molecule has 1 aliphatic heterocycles. The summed E-state index contributed by atoms with van der Waals surface area (Å²) in [7, 11) is 0. The molecule has 0 spiro atoms. The summed E-state index contributed by atoms with van der Waals surface area (Å²) in [5, 5.41) is 0. The molecule has 0 N–H and O–H groups in total. The van der Waals surface area contributed by atoms with Gasteiger partial charge in [-0.15, -0.1) is 0 Å². The van der Waals surface area contributed by atoms with Gasteiger partial charge in [-0.3, -0.25) is 4.79 Å². The molecule has 0 radical (unpaired) electrons. The van der Waals surface area contributed by atoms with Crippen LogP contribution in [0, 0.1) is 11.8 Å². The highest BCUT2D eigenvalue weighted by atomic mass is 79.9. The van der Waals surface area contributed by atoms with Gasteiger partial charge in [0.2, 0.25) is 5.91 Å². The maximum atomic E-state index is 11.6. The number of carbonyl (C=O) groups is 1. The number of likely N-dealkylation sites (tertiary alicyclic amines) is 1. The first-order valence-electron chi connectivity index (χ1n) is 5.11. The van der Waals surface area contributed by atoms with Crippen LogP contribution < -0.4 is 0 Å². The summed E-state index contributed by atoms with van der Waals surface area (Å²) < 4.78 is 0. The van der Waals surface area contributed by atoms with Gasteiger partial charge in [0.15, 0.2) is 0 Å².